The monoisotopic (exact) mass is 622 g/mol. The molecule has 4 nitrogen and oxygen atoms in total. The number of nitrogens with zero attached hydrogens (tertiary/aromatic N) is 2. The highest BCUT2D eigenvalue weighted by Crippen LogP contribution is 2.44. The second kappa shape index (κ2) is 13.0. The van der Waals surface area contributed by atoms with Crippen molar-refractivity contribution in [2.45, 2.75) is 137 Å². The van der Waals surface area contributed by atoms with E-state index in [-0.39, 0.29) is 33.3 Å². The number of phenols is 1. The van der Waals surface area contributed by atoms with Crippen LogP contribution in [0.25, 0.3) is 0 Å². The number of rotatable bonds is 7. The Bertz CT molecular complexity index is 1470. The zero-order chi connectivity index (χ0) is 35.0. The van der Waals surface area contributed by atoms with Crippen molar-refractivity contribution in [2.24, 2.45) is 10.9 Å². The first-order valence-corrected chi connectivity index (χ1v) is 16.7. The van der Waals surface area contributed by atoms with E-state index >= 15 is 0 Å². The molecule has 0 spiro atoms. The number of aromatic hydroxyl groups is 1. The van der Waals surface area contributed by atoms with E-state index in [9.17, 15) is 15.5 Å². The predicted octanol–water partition coefficient (Wildman–Crippen LogP) is 10.2. The summed E-state index contributed by atoms with van der Waals surface area (Å²) in [6.45, 7) is 30.8. The highest BCUT2D eigenvalue weighted by Gasteiger charge is 2.43. The molecule has 248 valence electrons. The molecule has 3 aromatic carbocycles. The van der Waals surface area contributed by atoms with Gasteiger partial charge in [-0.25, -0.2) is 0 Å². The molecule has 0 heterocycles. The van der Waals surface area contributed by atoms with Gasteiger partial charge in [-0.1, -0.05) is 133 Å². The molecule has 0 aliphatic rings. The van der Waals surface area contributed by atoms with E-state index in [0.29, 0.717) is 17.5 Å². The topological polar surface area (TPSA) is 76.6 Å². The van der Waals surface area contributed by atoms with Crippen molar-refractivity contribution in [1.29, 1.82) is 5.26 Å². The van der Waals surface area contributed by atoms with E-state index in [4.69, 9.17) is 4.99 Å². The highest BCUT2D eigenvalue weighted by molar-refractivity contribution is 5.84. The lowest BCUT2D eigenvalue weighted by Gasteiger charge is -2.39. The van der Waals surface area contributed by atoms with Gasteiger partial charge in [0.25, 0.3) is 0 Å². The van der Waals surface area contributed by atoms with Crippen LogP contribution >= 0.6 is 0 Å². The molecule has 0 fully saturated rings. The van der Waals surface area contributed by atoms with Gasteiger partial charge < -0.3 is 10.2 Å². The van der Waals surface area contributed by atoms with E-state index < -0.39 is 11.6 Å². The summed E-state index contributed by atoms with van der Waals surface area (Å²) in [5.41, 5.74) is 5.03. The van der Waals surface area contributed by atoms with Crippen LogP contribution in [0, 0.1) is 17.2 Å². The molecule has 3 rings (SSSR count). The van der Waals surface area contributed by atoms with Gasteiger partial charge in [-0.05, 0) is 85.6 Å². The van der Waals surface area contributed by atoms with Gasteiger partial charge >= 0.3 is 0 Å². The molecule has 0 amide bonds. The maximum Gasteiger partial charge on any atom is 0.137 e. The standard InChI is InChI=1S/C42H58N2O2/c1-27(2)17-37(44-26-29-18-28(25-43)15-16-36(29)45)42(46,34-21-30(38(3,4)5)19-31(22-34)39(6,7)8)35-23-32(40(9,10)11)20-33(24-35)41(12,13)14/h15-16,18-24,26-27,37,45-46H,17H2,1-14H3. The Balaban J connectivity index is 2.55. The second-order valence-electron chi connectivity index (χ2n) is 17.7. The molecular formula is C42H58N2O2. The fraction of sp³-hybridized carbons (Fsp3) is 0.524. The predicted molar refractivity (Wildman–Crippen MR) is 194 cm³/mol. The van der Waals surface area contributed by atoms with Crippen molar-refractivity contribution in [3.63, 3.8) is 0 Å². The van der Waals surface area contributed by atoms with Gasteiger partial charge in [0.15, 0.2) is 0 Å². The minimum atomic E-state index is -1.51. The van der Waals surface area contributed by atoms with Gasteiger partial charge in [-0.3, -0.25) is 4.99 Å². The minimum Gasteiger partial charge on any atom is -0.507 e. The lowest BCUT2D eigenvalue weighted by atomic mass is 9.70. The van der Waals surface area contributed by atoms with Crippen LogP contribution in [0.5, 0.6) is 5.75 Å². The van der Waals surface area contributed by atoms with Crippen molar-refractivity contribution < 1.29 is 10.2 Å². The van der Waals surface area contributed by atoms with Crippen molar-refractivity contribution >= 4 is 6.21 Å². The van der Waals surface area contributed by atoms with Crippen LogP contribution in [0.4, 0.5) is 0 Å². The average Bonchev–Trinajstić information content (AvgIpc) is 2.93. The molecule has 0 aromatic heterocycles. The number of hydrogen-bond acceptors (Lipinski definition) is 4. The Labute approximate surface area is 279 Å². The molecule has 0 saturated heterocycles. The van der Waals surface area contributed by atoms with E-state index in [2.05, 4.69) is 139 Å². The smallest absolute Gasteiger partial charge is 0.137 e. The molecule has 4 heteroatoms. The summed E-state index contributed by atoms with van der Waals surface area (Å²) in [5.74, 6) is 0.262. The van der Waals surface area contributed by atoms with Crippen LogP contribution in [0.1, 0.15) is 148 Å². The number of aliphatic imine (C=N–C) groups is 1. The van der Waals surface area contributed by atoms with Crippen molar-refractivity contribution in [3.05, 3.63) is 99.1 Å². The SMILES string of the molecule is CC(C)CC(N=Cc1cc(C#N)ccc1O)C(O)(c1cc(C(C)(C)C)cc(C(C)(C)C)c1)c1cc(C(C)(C)C)cc(C(C)(C)C)c1. The maximum atomic E-state index is 13.6. The van der Waals surface area contributed by atoms with Crippen molar-refractivity contribution in [2.75, 3.05) is 0 Å². The van der Waals surface area contributed by atoms with Gasteiger partial charge in [0, 0.05) is 11.8 Å². The summed E-state index contributed by atoms with van der Waals surface area (Å²) >= 11 is 0. The first-order chi connectivity index (χ1) is 20.9. The Kier molecular flexibility index (Phi) is 10.5. The summed E-state index contributed by atoms with van der Waals surface area (Å²) in [6, 6.07) is 19.6. The molecule has 46 heavy (non-hydrogen) atoms. The van der Waals surface area contributed by atoms with Crippen LogP contribution in [-0.2, 0) is 27.3 Å². The van der Waals surface area contributed by atoms with E-state index in [1.807, 2.05) is 0 Å². The third-order valence-electron chi connectivity index (χ3n) is 8.94. The first-order valence-electron chi connectivity index (χ1n) is 16.7. The van der Waals surface area contributed by atoms with Gasteiger partial charge in [0.1, 0.15) is 11.4 Å². The fourth-order valence-corrected chi connectivity index (χ4v) is 5.66. The summed E-state index contributed by atoms with van der Waals surface area (Å²) in [6.07, 6.45) is 2.23. The molecular weight excluding hydrogens is 564 g/mol. The van der Waals surface area contributed by atoms with Gasteiger partial charge in [0.05, 0.1) is 17.7 Å². The lowest BCUT2D eigenvalue weighted by Crippen LogP contribution is -2.42. The third kappa shape index (κ3) is 8.48. The van der Waals surface area contributed by atoms with E-state index in [1.165, 1.54) is 6.07 Å². The fourth-order valence-electron chi connectivity index (χ4n) is 5.66. The molecule has 0 bridgehead atoms. The number of nitriles is 1. The Hall–Kier alpha value is -3.42. The molecule has 2 N–H and O–H groups in total. The van der Waals surface area contributed by atoms with Crippen LogP contribution in [-0.4, -0.2) is 22.5 Å². The Morgan fingerprint density at radius 3 is 1.35 bits per heavy atom. The summed E-state index contributed by atoms with van der Waals surface area (Å²) in [5, 5.41) is 33.9. The minimum absolute atomic E-state index is 0.0454. The molecule has 0 aliphatic carbocycles. The maximum absolute atomic E-state index is 13.6. The highest BCUT2D eigenvalue weighted by atomic mass is 16.3. The molecule has 0 radical (unpaired) electrons. The largest absolute Gasteiger partial charge is 0.507 e. The quantitative estimate of drug-likeness (QED) is 0.257. The first kappa shape index (κ1) is 37.0. The second-order valence-corrected chi connectivity index (χ2v) is 17.7. The number of benzene rings is 3. The van der Waals surface area contributed by atoms with Crippen molar-refractivity contribution in [1.82, 2.24) is 0 Å². The molecule has 0 saturated carbocycles. The van der Waals surface area contributed by atoms with Crippen molar-refractivity contribution in [3.8, 4) is 11.8 Å². The Morgan fingerprint density at radius 1 is 0.652 bits per heavy atom. The zero-order valence-electron chi connectivity index (χ0n) is 30.9. The molecule has 3 aromatic rings. The van der Waals surface area contributed by atoms with Crippen LogP contribution < -0.4 is 0 Å². The van der Waals surface area contributed by atoms with Gasteiger partial charge in [0.2, 0.25) is 0 Å². The summed E-state index contributed by atoms with van der Waals surface area (Å²) < 4.78 is 0. The van der Waals surface area contributed by atoms with Crippen LogP contribution in [0.3, 0.4) is 0 Å². The molecule has 1 atom stereocenters. The van der Waals surface area contributed by atoms with Crippen LogP contribution in [0.2, 0.25) is 0 Å². The summed E-state index contributed by atoms with van der Waals surface area (Å²) in [4.78, 5) is 5.12. The number of hydrogen-bond donors (Lipinski definition) is 2. The summed E-state index contributed by atoms with van der Waals surface area (Å²) in [7, 11) is 0. The number of phenolic OH excluding ortho intramolecular Hbond substituents is 1. The van der Waals surface area contributed by atoms with Gasteiger partial charge in [-0.15, -0.1) is 0 Å². The Morgan fingerprint density at radius 2 is 1.02 bits per heavy atom. The number of aliphatic hydroxyl groups is 1. The third-order valence-corrected chi connectivity index (χ3v) is 8.94. The van der Waals surface area contributed by atoms with Gasteiger partial charge in [-0.2, -0.15) is 5.26 Å². The van der Waals surface area contributed by atoms with Crippen LogP contribution in [0.15, 0.2) is 59.6 Å². The molecule has 0 aliphatic heterocycles. The normalized spacial score (nSPS) is 14.2. The molecule has 1 unspecified atom stereocenters. The average molecular weight is 623 g/mol. The lowest BCUT2D eigenvalue weighted by molar-refractivity contribution is 0.0448. The zero-order valence-corrected chi connectivity index (χ0v) is 30.9. The van der Waals surface area contributed by atoms with E-state index in [1.54, 1.807) is 18.3 Å². The van der Waals surface area contributed by atoms with E-state index in [0.717, 1.165) is 33.4 Å².